The van der Waals surface area contributed by atoms with E-state index >= 15 is 0 Å². The van der Waals surface area contributed by atoms with E-state index in [1.165, 1.54) is 4.90 Å². The first-order valence-corrected chi connectivity index (χ1v) is 8.47. The fourth-order valence-electron chi connectivity index (χ4n) is 2.60. The number of rotatable bonds is 3. The van der Waals surface area contributed by atoms with Gasteiger partial charge in [-0.2, -0.15) is 0 Å². The number of benzene rings is 2. The molecule has 1 amide bonds. The van der Waals surface area contributed by atoms with Crippen molar-refractivity contribution < 1.29 is 4.79 Å². The summed E-state index contributed by atoms with van der Waals surface area (Å²) in [6.45, 7) is 3.02. The zero-order valence-electron chi connectivity index (χ0n) is 12.9. The van der Waals surface area contributed by atoms with E-state index in [9.17, 15) is 4.79 Å². The quantitative estimate of drug-likeness (QED) is 0.937. The summed E-state index contributed by atoms with van der Waals surface area (Å²) in [5.74, 6) is 1.07. The average Bonchev–Trinajstić information content (AvgIpc) is 2.55. The zero-order valence-corrected chi connectivity index (χ0v) is 13.7. The lowest BCUT2D eigenvalue weighted by atomic mass is 10.1. The number of nitrogens with zero attached hydrogens (tertiary/aromatic N) is 1. The Bertz CT molecular complexity index is 672. The Labute approximate surface area is 135 Å². The molecule has 0 bridgehead atoms. The van der Waals surface area contributed by atoms with Gasteiger partial charge in [0.25, 0.3) is 5.91 Å². The molecule has 0 aromatic heterocycles. The van der Waals surface area contributed by atoms with Gasteiger partial charge >= 0.3 is 0 Å². The molecule has 4 heteroatoms. The van der Waals surface area contributed by atoms with Crippen LogP contribution in [0.25, 0.3) is 0 Å². The topological polar surface area (TPSA) is 32.3 Å². The van der Waals surface area contributed by atoms with Gasteiger partial charge < -0.3 is 10.2 Å². The van der Waals surface area contributed by atoms with Crippen LogP contribution >= 0.6 is 11.8 Å². The maximum Gasteiger partial charge on any atom is 0.251 e. The van der Waals surface area contributed by atoms with E-state index in [2.05, 4.69) is 23.3 Å². The number of fused-ring (bicyclic) bond motifs is 1. The first-order chi connectivity index (χ1) is 10.6. The van der Waals surface area contributed by atoms with Gasteiger partial charge in [0.05, 0.1) is 11.7 Å². The average molecular weight is 312 g/mol. The van der Waals surface area contributed by atoms with E-state index in [-0.39, 0.29) is 11.9 Å². The summed E-state index contributed by atoms with van der Waals surface area (Å²) in [6.07, 6.45) is 0. The van der Waals surface area contributed by atoms with E-state index < -0.39 is 0 Å². The van der Waals surface area contributed by atoms with Crippen LogP contribution in [0.2, 0.25) is 0 Å². The normalized spacial score (nSPS) is 15.1. The van der Waals surface area contributed by atoms with Crippen LogP contribution in [0, 0.1) is 0 Å². The van der Waals surface area contributed by atoms with Gasteiger partial charge in [-0.15, -0.1) is 11.8 Å². The summed E-state index contributed by atoms with van der Waals surface area (Å²) in [7, 11) is 2.08. The van der Waals surface area contributed by atoms with E-state index in [1.54, 1.807) is 0 Å². The summed E-state index contributed by atoms with van der Waals surface area (Å²) < 4.78 is 0. The third-order valence-corrected chi connectivity index (χ3v) is 5.01. The lowest BCUT2D eigenvalue weighted by molar-refractivity contribution is 0.0940. The Morgan fingerprint density at radius 1 is 1.23 bits per heavy atom. The molecule has 1 unspecified atom stereocenters. The first-order valence-electron chi connectivity index (χ1n) is 7.49. The second-order valence-electron chi connectivity index (χ2n) is 5.56. The molecule has 1 aliphatic heterocycles. The van der Waals surface area contributed by atoms with Gasteiger partial charge in [0, 0.05) is 29.8 Å². The number of carbonyl (C=O) groups excluding carboxylic acids is 1. The Hall–Kier alpha value is -1.94. The molecule has 3 nitrogen and oxygen atoms in total. The van der Waals surface area contributed by atoms with Crippen molar-refractivity contribution in [2.24, 2.45) is 0 Å². The van der Waals surface area contributed by atoms with Crippen molar-refractivity contribution >= 4 is 23.4 Å². The zero-order chi connectivity index (χ0) is 15.5. The minimum absolute atomic E-state index is 0.00293. The molecule has 22 heavy (non-hydrogen) atoms. The molecular formula is C18H20N2OS. The summed E-state index contributed by atoms with van der Waals surface area (Å²) in [6, 6.07) is 16.0. The molecule has 0 saturated carbocycles. The lowest BCUT2D eigenvalue weighted by Gasteiger charge is -2.27. The SMILES string of the molecule is CC(NC(=O)c1ccc2c(c1)N(C)CCS2)c1ccccc1. The molecule has 0 radical (unpaired) electrons. The predicted molar refractivity (Wildman–Crippen MR) is 92.8 cm³/mol. The van der Waals surface area contributed by atoms with Crippen molar-refractivity contribution in [2.75, 3.05) is 24.2 Å². The third-order valence-electron chi connectivity index (χ3n) is 3.96. The van der Waals surface area contributed by atoms with Gasteiger partial charge in [-0.25, -0.2) is 0 Å². The minimum Gasteiger partial charge on any atom is -0.373 e. The van der Waals surface area contributed by atoms with Crippen molar-refractivity contribution in [3.63, 3.8) is 0 Å². The molecule has 1 heterocycles. The molecule has 3 rings (SSSR count). The fraction of sp³-hybridized carbons (Fsp3) is 0.278. The summed E-state index contributed by atoms with van der Waals surface area (Å²) >= 11 is 1.85. The van der Waals surface area contributed by atoms with Gasteiger partial charge in [-0.1, -0.05) is 30.3 Å². The molecule has 1 aliphatic rings. The monoisotopic (exact) mass is 312 g/mol. The van der Waals surface area contributed by atoms with Crippen molar-refractivity contribution in [2.45, 2.75) is 17.9 Å². The van der Waals surface area contributed by atoms with Gasteiger partial charge in [0.1, 0.15) is 0 Å². The summed E-state index contributed by atoms with van der Waals surface area (Å²) in [5, 5.41) is 3.07. The van der Waals surface area contributed by atoms with Crippen molar-refractivity contribution in [3.05, 3.63) is 59.7 Å². The van der Waals surface area contributed by atoms with Crippen LogP contribution in [-0.2, 0) is 0 Å². The van der Waals surface area contributed by atoms with Gasteiger partial charge in [-0.05, 0) is 30.7 Å². The number of hydrogen-bond donors (Lipinski definition) is 1. The van der Waals surface area contributed by atoms with Gasteiger partial charge in [0.2, 0.25) is 0 Å². The summed E-state index contributed by atoms with van der Waals surface area (Å²) in [5.41, 5.74) is 2.98. The van der Waals surface area contributed by atoms with Crippen LogP contribution in [0.4, 0.5) is 5.69 Å². The van der Waals surface area contributed by atoms with Crippen molar-refractivity contribution in [1.29, 1.82) is 0 Å². The molecule has 1 N–H and O–H groups in total. The van der Waals surface area contributed by atoms with Gasteiger partial charge in [0.15, 0.2) is 0 Å². The Kier molecular flexibility index (Phi) is 4.39. The van der Waals surface area contributed by atoms with Crippen molar-refractivity contribution in [3.8, 4) is 0 Å². The van der Waals surface area contributed by atoms with Crippen LogP contribution in [0.3, 0.4) is 0 Å². The lowest BCUT2D eigenvalue weighted by Crippen LogP contribution is -2.28. The number of amides is 1. The highest BCUT2D eigenvalue weighted by Crippen LogP contribution is 2.34. The molecule has 2 aromatic carbocycles. The number of anilines is 1. The molecule has 2 aromatic rings. The summed E-state index contributed by atoms with van der Waals surface area (Å²) in [4.78, 5) is 15.9. The number of thioether (sulfide) groups is 1. The standard InChI is InChI=1S/C18H20N2OS/c1-13(14-6-4-3-5-7-14)19-18(21)15-8-9-17-16(12-15)20(2)10-11-22-17/h3-9,12-13H,10-11H2,1-2H3,(H,19,21). The van der Waals surface area contributed by atoms with E-state index in [4.69, 9.17) is 0 Å². The van der Waals surface area contributed by atoms with Crippen LogP contribution in [0.15, 0.2) is 53.4 Å². The maximum absolute atomic E-state index is 12.5. The van der Waals surface area contributed by atoms with Crippen LogP contribution in [0.5, 0.6) is 0 Å². The second-order valence-corrected chi connectivity index (χ2v) is 6.70. The second kappa shape index (κ2) is 6.44. The Balaban J connectivity index is 1.77. The Morgan fingerprint density at radius 2 is 2.00 bits per heavy atom. The Morgan fingerprint density at radius 3 is 2.77 bits per heavy atom. The smallest absolute Gasteiger partial charge is 0.251 e. The number of hydrogen-bond acceptors (Lipinski definition) is 3. The molecule has 0 fully saturated rings. The molecule has 0 spiro atoms. The fourth-order valence-corrected chi connectivity index (χ4v) is 3.71. The minimum atomic E-state index is -0.0249. The van der Waals surface area contributed by atoms with Crippen molar-refractivity contribution in [1.82, 2.24) is 5.32 Å². The van der Waals surface area contributed by atoms with E-state index in [0.717, 1.165) is 29.1 Å². The largest absolute Gasteiger partial charge is 0.373 e. The van der Waals surface area contributed by atoms with Crippen LogP contribution < -0.4 is 10.2 Å². The highest BCUT2D eigenvalue weighted by atomic mass is 32.2. The molecule has 0 aliphatic carbocycles. The molecule has 0 saturated heterocycles. The number of carbonyl (C=O) groups is 1. The highest BCUT2D eigenvalue weighted by Gasteiger charge is 2.17. The number of nitrogens with one attached hydrogen (secondary N) is 1. The first kappa shape index (κ1) is 15.0. The van der Waals surface area contributed by atoms with E-state index in [0.29, 0.717) is 0 Å². The maximum atomic E-state index is 12.5. The molecule has 114 valence electrons. The van der Waals surface area contributed by atoms with Crippen LogP contribution in [-0.4, -0.2) is 25.3 Å². The van der Waals surface area contributed by atoms with Crippen LogP contribution in [0.1, 0.15) is 28.9 Å². The predicted octanol–water partition coefficient (Wildman–Crippen LogP) is 3.72. The molecular weight excluding hydrogens is 292 g/mol. The van der Waals surface area contributed by atoms with Gasteiger partial charge in [-0.3, -0.25) is 4.79 Å². The third kappa shape index (κ3) is 3.12. The highest BCUT2D eigenvalue weighted by molar-refractivity contribution is 7.99. The molecule has 1 atom stereocenters. The van der Waals surface area contributed by atoms with E-state index in [1.807, 2.05) is 61.2 Å².